The average Bonchev–Trinajstić information content (AvgIpc) is 2.74. The standard InChI is InChI=1S/C18H19NO6S/c1-23-13-8-11(9-14(24-2)18(13)25-3)16-10-17(20)19-12-6-4-5-7-15(12)26(16,21)22/h4-9,16H,10H2,1-3H3,(H,19,20). The van der Waals surface area contributed by atoms with Crippen molar-refractivity contribution in [1.29, 1.82) is 0 Å². The molecule has 1 aliphatic heterocycles. The van der Waals surface area contributed by atoms with Gasteiger partial charge in [0.15, 0.2) is 21.3 Å². The number of sulfone groups is 1. The number of anilines is 1. The molecule has 1 amide bonds. The summed E-state index contributed by atoms with van der Waals surface area (Å²) in [5, 5.41) is 1.58. The molecule has 0 aromatic heterocycles. The SMILES string of the molecule is COc1cc(C2CC(=O)Nc3ccccc3S2(=O)=O)cc(OC)c1OC. The molecule has 2 aromatic carbocycles. The molecule has 1 atom stereocenters. The zero-order valence-electron chi connectivity index (χ0n) is 14.6. The van der Waals surface area contributed by atoms with E-state index in [2.05, 4.69) is 5.32 Å². The molecule has 1 N–H and O–H groups in total. The van der Waals surface area contributed by atoms with E-state index in [0.717, 1.165) is 0 Å². The molecule has 0 fully saturated rings. The van der Waals surface area contributed by atoms with Crippen molar-refractivity contribution in [3.05, 3.63) is 42.0 Å². The van der Waals surface area contributed by atoms with Gasteiger partial charge in [0, 0.05) is 6.42 Å². The maximum Gasteiger partial charge on any atom is 0.226 e. The molecule has 0 spiro atoms. The third kappa shape index (κ3) is 2.96. The second-order valence-electron chi connectivity index (χ2n) is 5.74. The molecule has 0 aliphatic carbocycles. The molecule has 0 radical (unpaired) electrons. The van der Waals surface area contributed by atoms with E-state index in [1.165, 1.54) is 27.4 Å². The van der Waals surface area contributed by atoms with Crippen LogP contribution < -0.4 is 19.5 Å². The van der Waals surface area contributed by atoms with Crippen LogP contribution in [0.2, 0.25) is 0 Å². The Labute approximate surface area is 151 Å². The van der Waals surface area contributed by atoms with Gasteiger partial charge in [0.1, 0.15) is 0 Å². The highest BCUT2D eigenvalue weighted by atomic mass is 32.2. The van der Waals surface area contributed by atoms with E-state index >= 15 is 0 Å². The van der Waals surface area contributed by atoms with Crippen LogP contribution in [0.1, 0.15) is 17.2 Å². The monoisotopic (exact) mass is 377 g/mol. The third-order valence-corrected chi connectivity index (χ3v) is 6.43. The first-order valence-corrected chi connectivity index (χ1v) is 9.39. The summed E-state index contributed by atoms with van der Waals surface area (Å²) in [6.07, 6.45) is -0.213. The molecule has 26 heavy (non-hydrogen) atoms. The Balaban J connectivity index is 2.21. The van der Waals surface area contributed by atoms with Crippen molar-refractivity contribution in [3.8, 4) is 17.2 Å². The largest absolute Gasteiger partial charge is 0.493 e. The fraction of sp³-hybridized carbons (Fsp3) is 0.278. The van der Waals surface area contributed by atoms with Gasteiger partial charge in [-0.2, -0.15) is 0 Å². The second-order valence-corrected chi connectivity index (χ2v) is 7.84. The van der Waals surface area contributed by atoms with Crippen LogP contribution >= 0.6 is 0 Å². The fourth-order valence-corrected chi connectivity index (χ4v) is 4.90. The predicted molar refractivity (Wildman–Crippen MR) is 95.7 cm³/mol. The average molecular weight is 377 g/mol. The summed E-state index contributed by atoms with van der Waals surface area (Å²) in [5.74, 6) is 0.636. The first-order valence-electron chi connectivity index (χ1n) is 7.85. The number of carbonyl (C=O) groups excluding carboxylic acids is 1. The smallest absolute Gasteiger partial charge is 0.226 e. The summed E-state index contributed by atoms with van der Waals surface area (Å²) >= 11 is 0. The molecular formula is C18H19NO6S. The van der Waals surface area contributed by atoms with Crippen LogP contribution in [0.15, 0.2) is 41.3 Å². The Kier molecular flexibility index (Phi) is 4.78. The van der Waals surface area contributed by atoms with Crippen molar-refractivity contribution in [1.82, 2.24) is 0 Å². The zero-order valence-corrected chi connectivity index (χ0v) is 15.4. The minimum atomic E-state index is -3.81. The maximum absolute atomic E-state index is 13.2. The highest BCUT2D eigenvalue weighted by Gasteiger charge is 2.37. The number of para-hydroxylation sites is 1. The van der Waals surface area contributed by atoms with Crippen LogP contribution in [-0.2, 0) is 14.6 Å². The van der Waals surface area contributed by atoms with Crippen molar-refractivity contribution in [2.24, 2.45) is 0 Å². The molecule has 0 saturated heterocycles. The minimum Gasteiger partial charge on any atom is -0.493 e. The lowest BCUT2D eigenvalue weighted by molar-refractivity contribution is -0.116. The van der Waals surface area contributed by atoms with Crippen LogP contribution in [0.5, 0.6) is 17.2 Å². The quantitative estimate of drug-likeness (QED) is 0.881. The predicted octanol–water partition coefficient (Wildman–Crippen LogP) is 2.57. The number of methoxy groups -OCH3 is 3. The molecule has 2 aromatic rings. The molecular weight excluding hydrogens is 358 g/mol. The third-order valence-electron chi connectivity index (χ3n) is 4.27. The minimum absolute atomic E-state index is 0.0876. The van der Waals surface area contributed by atoms with Gasteiger partial charge in [-0.15, -0.1) is 0 Å². The van der Waals surface area contributed by atoms with Gasteiger partial charge in [-0.25, -0.2) is 8.42 Å². The molecule has 0 saturated carbocycles. The normalized spacial score (nSPS) is 18.3. The van der Waals surface area contributed by atoms with Crippen LogP contribution in [0, 0.1) is 0 Å². The number of ether oxygens (including phenoxy) is 3. The molecule has 138 valence electrons. The fourth-order valence-electron chi connectivity index (χ4n) is 3.03. The summed E-state index contributed by atoms with van der Waals surface area (Å²) in [6, 6.07) is 9.48. The Hall–Kier alpha value is -2.74. The molecule has 1 heterocycles. The maximum atomic E-state index is 13.2. The van der Waals surface area contributed by atoms with E-state index in [9.17, 15) is 13.2 Å². The summed E-state index contributed by atoms with van der Waals surface area (Å²) < 4.78 is 42.3. The van der Waals surface area contributed by atoms with Crippen LogP contribution in [0.3, 0.4) is 0 Å². The molecule has 7 nitrogen and oxygen atoms in total. The Bertz CT molecular complexity index is 929. The van der Waals surface area contributed by atoms with E-state index < -0.39 is 15.1 Å². The molecule has 3 rings (SSSR count). The van der Waals surface area contributed by atoms with Crippen molar-refractivity contribution in [3.63, 3.8) is 0 Å². The molecule has 1 unspecified atom stereocenters. The Morgan fingerprint density at radius 2 is 1.62 bits per heavy atom. The highest BCUT2D eigenvalue weighted by molar-refractivity contribution is 7.92. The van der Waals surface area contributed by atoms with Crippen molar-refractivity contribution >= 4 is 21.4 Å². The van der Waals surface area contributed by atoms with E-state index in [-0.39, 0.29) is 22.9 Å². The van der Waals surface area contributed by atoms with Gasteiger partial charge < -0.3 is 19.5 Å². The number of amides is 1. The number of hydrogen-bond donors (Lipinski definition) is 1. The molecule has 0 bridgehead atoms. The van der Waals surface area contributed by atoms with Crippen molar-refractivity contribution < 1.29 is 27.4 Å². The number of fused-ring (bicyclic) bond motifs is 1. The lowest BCUT2D eigenvalue weighted by Gasteiger charge is -2.19. The second kappa shape index (κ2) is 6.87. The van der Waals surface area contributed by atoms with Crippen molar-refractivity contribution in [2.45, 2.75) is 16.6 Å². The molecule has 8 heteroatoms. The number of rotatable bonds is 4. The van der Waals surface area contributed by atoms with E-state index in [0.29, 0.717) is 22.8 Å². The van der Waals surface area contributed by atoms with Gasteiger partial charge in [0.2, 0.25) is 11.7 Å². The lowest BCUT2D eigenvalue weighted by atomic mass is 10.1. The lowest BCUT2D eigenvalue weighted by Crippen LogP contribution is -2.17. The summed E-state index contributed by atoms with van der Waals surface area (Å²) in [5.41, 5.74) is 0.679. The van der Waals surface area contributed by atoms with Crippen LogP contribution in [0.4, 0.5) is 5.69 Å². The van der Waals surface area contributed by atoms with Gasteiger partial charge in [-0.05, 0) is 29.8 Å². The summed E-state index contributed by atoms with van der Waals surface area (Å²) in [7, 11) is 0.553. The van der Waals surface area contributed by atoms with Crippen LogP contribution in [-0.4, -0.2) is 35.7 Å². The van der Waals surface area contributed by atoms with Crippen LogP contribution in [0.25, 0.3) is 0 Å². The van der Waals surface area contributed by atoms with Gasteiger partial charge in [0.25, 0.3) is 0 Å². The number of hydrogen-bond acceptors (Lipinski definition) is 6. The number of carbonyl (C=O) groups is 1. The first kappa shape index (κ1) is 18.1. The topological polar surface area (TPSA) is 90.9 Å². The Morgan fingerprint density at radius 1 is 1.00 bits per heavy atom. The van der Waals surface area contributed by atoms with E-state index in [4.69, 9.17) is 14.2 Å². The van der Waals surface area contributed by atoms with E-state index in [1.54, 1.807) is 30.3 Å². The summed E-state index contributed by atoms with van der Waals surface area (Å²) in [6.45, 7) is 0. The van der Waals surface area contributed by atoms with Gasteiger partial charge in [0.05, 0.1) is 37.2 Å². The number of nitrogens with one attached hydrogen (secondary N) is 1. The van der Waals surface area contributed by atoms with E-state index in [1.807, 2.05) is 0 Å². The van der Waals surface area contributed by atoms with Gasteiger partial charge in [-0.3, -0.25) is 4.79 Å². The Morgan fingerprint density at radius 3 is 2.19 bits per heavy atom. The first-order chi connectivity index (χ1) is 12.4. The van der Waals surface area contributed by atoms with Gasteiger partial charge >= 0.3 is 0 Å². The number of benzene rings is 2. The van der Waals surface area contributed by atoms with Crippen molar-refractivity contribution in [2.75, 3.05) is 26.6 Å². The highest BCUT2D eigenvalue weighted by Crippen LogP contribution is 2.44. The zero-order chi connectivity index (χ0) is 18.9. The summed E-state index contributed by atoms with van der Waals surface area (Å²) in [4.78, 5) is 12.4. The molecule has 1 aliphatic rings. The van der Waals surface area contributed by atoms with Gasteiger partial charge in [-0.1, -0.05) is 12.1 Å².